The van der Waals surface area contributed by atoms with E-state index < -0.39 is 0 Å². The normalized spacial score (nSPS) is 25.8. The third kappa shape index (κ3) is 5.36. The number of hydrogen-bond acceptors (Lipinski definition) is 3. The van der Waals surface area contributed by atoms with Crippen LogP contribution in [0.3, 0.4) is 0 Å². The predicted octanol–water partition coefficient (Wildman–Crippen LogP) is 1.78. The second-order valence-corrected chi connectivity index (χ2v) is 5.71. The maximum atomic E-state index is 5.59. The van der Waals surface area contributed by atoms with Crippen molar-refractivity contribution in [3.8, 4) is 0 Å². The zero-order chi connectivity index (χ0) is 12.7. The van der Waals surface area contributed by atoms with Crippen molar-refractivity contribution in [2.75, 3.05) is 39.8 Å². The molecule has 0 amide bonds. The molecule has 1 saturated heterocycles. The molecule has 0 saturated carbocycles. The number of likely N-dealkylation sites (N-methyl/N-ethyl adjacent to an activating group) is 1. The van der Waals surface area contributed by atoms with Gasteiger partial charge in [-0.05, 0) is 58.3 Å². The molecule has 2 unspecified atom stereocenters. The quantitative estimate of drug-likeness (QED) is 0.769. The fourth-order valence-corrected chi connectivity index (χ4v) is 2.88. The standard InChI is InChI=1S/C14H31N3/c1-4-14-12-16(3)9-6-10-17(14)11-13(2)7-5-8-15/h13-14H,4-12,15H2,1-3H3. The smallest absolute Gasteiger partial charge is 0.0220 e. The Hall–Kier alpha value is -0.120. The molecule has 17 heavy (non-hydrogen) atoms. The SMILES string of the molecule is CCC1CN(C)CCCN1CC(C)CCCN. The molecule has 2 N–H and O–H groups in total. The van der Waals surface area contributed by atoms with Crippen LogP contribution in [-0.2, 0) is 0 Å². The maximum Gasteiger partial charge on any atom is 0.0220 e. The lowest BCUT2D eigenvalue weighted by Crippen LogP contribution is -2.41. The second-order valence-electron chi connectivity index (χ2n) is 5.71. The van der Waals surface area contributed by atoms with Crippen molar-refractivity contribution in [3.05, 3.63) is 0 Å². The molecule has 1 aliphatic rings. The van der Waals surface area contributed by atoms with Crippen molar-refractivity contribution < 1.29 is 0 Å². The Morgan fingerprint density at radius 1 is 1.35 bits per heavy atom. The van der Waals surface area contributed by atoms with Crippen molar-refractivity contribution in [2.24, 2.45) is 11.7 Å². The summed E-state index contributed by atoms with van der Waals surface area (Å²) >= 11 is 0. The van der Waals surface area contributed by atoms with Crippen LogP contribution in [0.5, 0.6) is 0 Å². The van der Waals surface area contributed by atoms with Gasteiger partial charge in [-0.1, -0.05) is 13.8 Å². The average Bonchev–Trinajstić information content (AvgIpc) is 2.48. The molecule has 102 valence electrons. The van der Waals surface area contributed by atoms with Crippen LogP contribution < -0.4 is 5.73 Å². The predicted molar refractivity (Wildman–Crippen MR) is 75.2 cm³/mol. The van der Waals surface area contributed by atoms with Gasteiger partial charge >= 0.3 is 0 Å². The molecular formula is C14H31N3. The maximum absolute atomic E-state index is 5.59. The first-order chi connectivity index (χ1) is 8.17. The van der Waals surface area contributed by atoms with E-state index in [0.717, 1.165) is 18.5 Å². The summed E-state index contributed by atoms with van der Waals surface area (Å²) in [5, 5.41) is 0. The minimum absolute atomic E-state index is 0.753. The highest BCUT2D eigenvalue weighted by Crippen LogP contribution is 2.16. The molecule has 0 bridgehead atoms. The highest BCUT2D eigenvalue weighted by atomic mass is 15.2. The molecule has 1 heterocycles. The molecule has 1 rings (SSSR count). The Bertz CT molecular complexity index is 196. The van der Waals surface area contributed by atoms with Gasteiger partial charge in [0.05, 0.1) is 0 Å². The molecular weight excluding hydrogens is 210 g/mol. The molecule has 3 nitrogen and oxygen atoms in total. The van der Waals surface area contributed by atoms with Gasteiger partial charge in [-0.15, -0.1) is 0 Å². The first-order valence-electron chi connectivity index (χ1n) is 7.30. The van der Waals surface area contributed by atoms with Gasteiger partial charge in [0, 0.05) is 19.1 Å². The van der Waals surface area contributed by atoms with Crippen molar-refractivity contribution in [1.29, 1.82) is 0 Å². The molecule has 0 radical (unpaired) electrons. The van der Waals surface area contributed by atoms with E-state index in [1.807, 2.05) is 0 Å². The van der Waals surface area contributed by atoms with Gasteiger partial charge in [0.2, 0.25) is 0 Å². The Morgan fingerprint density at radius 3 is 2.76 bits per heavy atom. The number of hydrogen-bond donors (Lipinski definition) is 1. The van der Waals surface area contributed by atoms with E-state index in [-0.39, 0.29) is 0 Å². The zero-order valence-corrected chi connectivity index (χ0v) is 12.0. The van der Waals surface area contributed by atoms with Gasteiger partial charge in [0.1, 0.15) is 0 Å². The average molecular weight is 241 g/mol. The topological polar surface area (TPSA) is 32.5 Å². The van der Waals surface area contributed by atoms with Gasteiger partial charge in [-0.3, -0.25) is 4.90 Å². The lowest BCUT2D eigenvalue weighted by Gasteiger charge is -2.32. The van der Waals surface area contributed by atoms with E-state index in [1.54, 1.807) is 0 Å². The summed E-state index contributed by atoms with van der Waals surface area (Å²) in [4.78, 5) is 5.20. The first-order valence-corrected chi connectivity index (χ1v) is 7.30. The molecule has 0 aromatic carbocycles. The number of rotatable bonds is 6. The van der Waals surface area contributed by atoms with Crippen LogP contribution in [0.4, 0.5) is 0 Å². The molecule has 1 aliphatic heterocycles. The molecule has 2 atom stereocenters. The Balaban J connectivity index is 2.42. The minimum Gasteiger partial charge on any atom is -0.330 e. The van der Waals surface area contributed by atoms with Gasteiger partial charge in [-0.2, -0.15) is 0 Å². The Morgan fingerprint density at radius 2 is 2.12 bits per heavy atom. The van der Waals surface area contributed by atoms with Gasteiger partial charge in [-0.25, -0.2) is 0 Å². The first kappa shape index (κ1) is 14.9. The summed E-state index contributed by atoms with van der Waals surface area (Å²) in [7, 11) is 2.25. The number of nitrogens with two attached hydrogens (primary N) is 1. The zero-order valence-electron chi connectivity index (χ0n) is 12.0. The van der Waals surface area contributed by atoms with E-state index in [2.05, 4.69) is 30.7 Å². The Kier molecular flexibility index (Phi) is 7.09. The highest BCUT2D eigenvalue weighted by Gasteiger charge is 2.22. The summed E-state index contributed by atoms with van der Waals surface area (Å²) in [6.45, 7) is 10.6. The minimum atomic E-state index is 0.753. The third-order valence-electron chi connectivity index (χ3n) is 3.94. The summed E-state index contributed by atoms with van der Waals surface area (Å²) in [5.41, 5.74) is 5.59. The van der Waals surface area contributed by atoms with Crippen molar-refractivity contribution >= 4 is 0 Å². The van der Waals surface area contributed by atoms with Crippen molar-refractivity contribution in [2.45, 2.75) is 45.6 Å². The lowest BCUT2D eigenvalue weighted by atomic mass is 10.0. The molecule has 1 fully saturated rings. The number of nitrogens with zero attached hydrogens (tertiary/aromatic N) is 2. The van der Waals surface area contributed by atoms with Gasteiger partial charge < -0.3 is 10.6 Å². The fraction of sp³-hybridized carbons (Fsp3) is 1.00. The second kappa shape index (κ2) is 8.06. The van der Waals surface area contributed by atoms with Crippen LogP contribution in [0.15, 0.2) is 0 Å². The van der Waals surface area contributed by atoms with E-state index in [1.165, 1.54) is 51.9 Å². The third-order valence-corrected chi connectivity index (χ3v) is 3.94. The van der Waals surface area contributed by atoms with Crippen LogP contribution in [0.1, 0.15) is 39.5 Å². The summed E-state index contributed by atoms with van der Waals surface area (Å²) < 4.78 is 0. The van der Waals surface area contributed by atoms with Crippen molar-refractivity contribution in [3.63, 3.8) is 0 Å². The van der Waals surface area contributed by atoms with E-state index >= 15 is 0 Å². The largest absolute Gasteiger partial charge is 0.330 e. The van der Waals surface area contributed by atoms with Gasteiger partial charge in [0.15, 0.2) is 0 Å². The summed E-state index contributed by atoms with van der Waals surface area (Å²) in [6, 6.07) is 0.753. The highest BCUT2D eigenvalue weighted by molar-refractivity contribution is 4.78. The molecule has 0 aromatic rings. The molecule has 0 spiro atoms. The van der Waals surface area contributed by atoms with Gasteiger partial charge in [0.25, 0.3) is 0 Å². The van der Waals surface area contributed by atoms with Crippen LogP contribution in [-0.4, -0.2) is 55.6 Å². The van der Waals surface area contributed by atoms with E-state index in [9.17, 15) is 0 Å². The molecule has 3 heteroatoms. The van der Waals surface area contributed by atoms with Crippen LogP contribution in [0.2, 0.25) is 0 Å². The van der Waals surface area contributed by atoms with Crippen LogP contribution in [0, 0.1) is 5.92 Å². The lowest BCUT2D eigenvalue weighted by molar-refractivity contribution is 0.158. The van der Waals surface area contributed by atoms with Crippen molar-refractivity contribution in [1.82, 2.24) is 9.80 Å². The van der Waals surface area contributed by atoms with Crippen LogP contribution >= 0.6 is 0 Å². The van der Waals surface area contributed by atoms with E-state index in [0.29, 0.717) is 0 Å². The van der Waals surface area contributed by atoms with Crippen LogP contribution in [0.25, 0.3) is 0 Å². The summed E-state index contributed by atoms with van der Waals surface area (Å²) in [6.07, 6.45) is 5.04. The monoisotopic (exact) mass is 241 g/mol. The summed E-state index contributed by atoms with van der Waals surface area (Å²) in [5.74, 6) is 0.788. The Labute approximate surface area is 107 Å². The molecule has 0 aliphatic carbocycles. The fourth-order valence-electron chi connectivity index (χ4n) is 2.88. The van der Waals surface area contributed by atoms with E-state index in [4.69, 9.17) is 5.73 Å². The molecule has 0 aromatic heterocycles.